The highest BCUT2D eigenvalue weighted by Crippen LogP contribution is 2.40. The van der Waals surface area contributed by atoms with Gasteiger partial charge in [0.05, 0.1) is 11.3 Å². The van der Waals surface area contributed by atoms with Crippen LogP contribution < -0.4 is 5.32 Å². The lowest BCUT2D eigenvalue weighted by Crippen LogP contribution is -2.12. The minimum absolute atomic E-state index is 0.237. The molecule has 0 amide bonds. The molecule has 106 valence electrons. The number of hydrogen-bond donors (Lipinski definition) is 1. The van der Waals surface area contributed by atoms with Crippen LogP contribution in [0.4, 0.5) is 23.2 Å². The van der Waals surface area contributed by atoms with E-state index in [-0.39, 0.29) is 10.5 Å². The Morgan fingerprint density at radius 2 is 1.67 bits per heavy atom. The molecule has 0 saturated carbocycles. The van der Waals surface area contributed by atoms with E-state index < -0.39 is 34.5 Å². The van der Waals surface area contributed by atoms with Gasteiger partial charge in [0, 0.05) is 4.47 Å². The van der Waals surface area contributed by atoms with E-state index in [0.29, 0.717) is 0 Å². The average molecular weight is 359 g/mol. The molecule has 0 aliphatic rings. The summed E-state index contributed by atoms with van der Waals surface area (Å²) in [7, 11) is 0. The Hall–Kier alpha value is -2.57. The standard InChI is InChI=1S/C12H3BrF4N4/c13-9-2-7(14)1-8(12(15,16)17)11(9)21-10(5-20)6(3-18)4-19/h1-2,21H. The third-order valence-electron chi connectivity index (χ3n) is 2.20. The SMILES string of the molecule is N#CC(C#N)=C(C#N)Nc1c(Br)cc(F)cc1C(F)(F)F. The molecule has 1 rings (SSSR count). The number of anilines is 1. The van der Waals surface area contributed by atoms with Gasteiger partial charge in [-0.1, -0.05) is 0 Å². The fourth-order valence-corrected chi connectivity index (χ4v) is 1.86. The summed E-state index contributed by atoms with van der Waals surface area (Å²) in [6.45, 7) is 0. The number of allylic oxidation sites excluding steroid dienone is 2. The summed E-state index contributed by atoms with van der Waals surface area (Å²) in [5, 5.41) is 28.1. The quantitative estimate of drug-likeness (QED) is 0.642. The third-order valence-corrected chi connectivity index (χ3v) is 2.82. The largest absolute Gasteiger partial charge is 0.418 e. The van der Waals surface area contributed by atoms with Crippen LogP contribution in [0.1, 0.15) is 5.56 Å². The van der Waals surface area contributed by atoms with Crippen molar-refractivity contribution in [3.05, 3.63) is 39.3 Å². The van der Waals surface area contributed by atoms with Gasteiger partial charge < -0.3 is 5.32 Å². The van der Waals surface area contributed by atoms with Crippen LogP contribution in [0.15, 0.2) is 27.9 Å². The van der Waals surface area contributed by atoms with Gasteiger partial charge in [0.1, 0.15) is 29.7 Å². The van der Waals surface area contributed by atoms with E-state index >= 15 is 0 Å². The summed E-state index contributed by atoms with van der Waals surface area (Å²) in [6, 6.07) is 5.16. The van der Waals surface area contributed by atoms with E-state index in [2.05, 4.69) is 15.9 Å². The summed E-state index contributed by atoms with van der Waals surface area (Å²) < 4.78 is 51.4. The van der Waals surface area contributed by atoms with Crippen molar-refractivity contribution in [1.29, 1.82) is 15.8 Å². The van der Waals surface area contributed by atoms with Crippen LogP contribution in [0, 0.1) is 39.8 Å². The minimum Gasteiger partial charge on any atom is -0.344 e. The number of benzene rings is 1. The van der Waals surface area contributed by atoms with Crippen molar-refractivity contribution in [3.8, 4) is 18.2 Å². The fourth-order valence-electron chi connectivity index (χ4n) is 1.33. The van der Waals surface area contributed by atoms with Gasteiger partial charge in [0.2, 0.25) is 0 Å². The van der Waals surface area contributed by atoms with Crippen LogP contribution in [-0.4, -0.2) is 0 Å². The van der Waals surface area contributed by atoms with Crippen molar-refractivity contribution in [1.82, 2.24) is 0 Å². The first-order valence-corrected chi connectivity index (χ1v) is 5.81. The van der Waals surface area contributed by atoms with Crippen molar-refractivity contribution in [2.45, 2.75) is 6.18 Å². The molecule has 0 spiro atoms. The molecule has 1 N–H and O–H groups in total. The molecule has 0 aliphatic carbocycles. The molecule has 0 atom stereocenters. The third kappa shape index (κ3) is 3.71. The molecular weight excluding hydrogens is 356 g/mol. The first-order chi connectivity index (χ1) is 9.74. The zero-order valence-corrected chi connectivity index (χ0v) is 11.5. The molecule has 1 aromatic carbocycles. The molecule has 0 saturated heterocycles. The normalized spacial score (nSPS) is 10.0. The van der Waals surface area contributed by atoms with E-state index in [1.165, 1.54) is 18.2 Å². The lowest BCUT2D eigenvalue weighted by atomic mass is 10.1. The highest BCUT2D eigenvalue weighted by atomic mass is 79.9. The maximum atomic E-state index is 13.1. The van der Waals surface area contributed by atoms with E-state index in [9.17, 15) is 17.6 Å². The van der Waals surface area contributed by atoms with Gasteiger partial charge in [-0.25, -0.2) is 4.39 Å². The molecule has 1 aromatic rings. The van der Waals surface area contributed by atoms with Gasteiger partial charge in [-0.05, 0) is 28.1 Å². The predicted octanol–water partition coefficient (Wildman–Crippen LogP) is 3.84. The molecule has 0 radical (unpaired) electrons. The Morgan fingerprint density at radius 1 is 1.10 bits per heavy atom. The minimum atomic E-state index is -4.90. The van der Waals surface area contributed by atoms with Crippen molar-refractivity contribution in [2.24, 2.45) is 0 Å². The van der Waals surface area contributed by atoms with Crippen molar-refractivity contribution < 1.29 is 17.6 Å². The second-order valence-electron chi connectivity index (χ2n) is 3.52. The Kier molecular flexibility index (Phi) is 4.91. The van der Waals surface area contributed by atoms with Gasteiger partial charge in [-0.15, -0.1) is 0 Å². The highest BCUT2D eigenvalue weighted by Gasteiger charge is 2.35. The molecule has 0 aliphatic heterocycles. The zero-order chi connectivity index (χ0) is 16.2. The number of nitrogens with zero attached hydrogens (tertiary/aromatic N) is 3. The smallest absolute Gasteiger partial charge is 0.344 e. The Bertz CT molecular complexity index is 716. The van der Waals surface area contributed by atoms with Crippen LogP contribution in [0.25, 0.3) is 0 Å². The summed E-state index contributed by atoms with van der Waals surface area (Å²) in [6.07, 6.45) is -4.90. The topological polar surface area (TPSA) is 83.4 Å². The van der Waals surface area contributed by atoms with E-state index in [0.717, 1.165) is 6.07 Å². The molecule has 21 heavy (non-hydrogen) atoms. The van der Waals surface area contributed by atoms with Gasteiger partial charge >= 0.3 is 6.18 Å². The van der Waals surface area contributed by atoms with Crippen molar-refractivity contribution >= 4 is 21.6 Å². The molecular formula is C12H3BrF4N4. The first-order valence-electron chi connectivity index (χ1n) is 5.02. The molecule has 0 bridgehead atoms. The van der Waals surface area contributed by atoms with Gasteiger partial charge in [-0.3, -0.25) is 0 Å². The van der Waals surface area contributed by atoms with E-state index in [4.69, 9.17) is 15.8 Å². The van der Waals surface area contributed by atoms with Crippen LogP contribution in [-0.2, 0) is 6.18 Å². The van der Waals surface area contributed by atoms with E-state index in [1.54, 1.807) is 0 Å². The molecule has 0 fully saturated rings. The Morgan fingerprint density at radius 3 is 2.10 bits per heavy atom. The predicted molar refractivity (Wildman–Crippen MR) is 66.6 cm³/mol. The average Bonchev–Trinajstić information content (AvgIpc) is 2.39. The summed E-state index contributed by atoms with van der Waals surface area (Å²) in [5.41, 5.74) is -3.40. The second kappa shape index (κ2) is 6.25. The molecule has 0 aromatic heterocycles. The second-order valence-corrected chi connectivity index (χ2v) is 4.37. The summed E-state index contributed by atoms with van der Waals surface area (Å²) >= 11 is 2.74. The molecule has 9 heteroatoms. The summed E-state index contributed by atoms with van der Waals surface area (Å²) in [4.78, 5) is 0. The van der Waals surface area contributed by atoms with Crippen LogP contribution in [0.5, 0.6) is 0 Å². The number of nitrogens with one attached hydrogen (secondary N) is 1. The van der Waals surface area contributed by atoms with Crippen molar-refractivity contribution in [3.63, 3.8) is 0 Å². The maximum absolute atomic E-state index is 13.1. The highest BCUT2D eigenvalue weighted by molar-refractivity contribution is 9.10. The Labute approximate surface area is 124 Å². The number of halogens is 5. The monoisotopic (exact) mass is 358 g/mol. The Balaban J connectivity index is 3.54. The van der Waals surface area contributed by atoms with Crippen LogP contribution >= 0.6 is 15.9 Å². The number of nitriles is 3. The van der Waals surface area contributed by atoms with Gasteiger partial charge in [0.15, 0.2) is 5.57 Å². The lowest BCUT2D eigenvalue weighted by molar-refractivity contribution is -0.137. The molecule has 4 nitrogen and oxygen atoms in total. The lowest BCUT2D eigenvalue weighted by Gasteiger charge is -2.15. The fraction of sp³-hybridized carbons (Fsp3) is 0.0833. The van der Waals surface area contributed by atoms with E-state index in [1.807, 2.05) is 5.32 Å². The molecule has 0 unspecified atom stereocenters. The van der Waals surface area contributed by atoms with Gasteiger partial charge in [-0.2, -0.15) is 29.0 Å². The number of hydrogen-bond acceptors (Lipinski definition) is 4. The zero-order valence-electron chi connectivity index (χ0n) is 9.89. The number of alkyl halides is 3. The number of rotatable bonds is 2. The first kappa shape index (κ1) is 16.5. The van der Waals surface area contributed by atoms with Gasteiger partial charge in [0.25, 0.3) is 0 Å². The molecule has 0 heterocycles. The maximum Gasteiger partial charge on any atom is 0.418 e. The van der Waals surface area contributed by atoms with Crippen molar-refractivity contribution in [2.75, 3.05) is 5.32 Å². The summed E-state index contributed by atoms with van der Waals surface area (Å²) in [5.74, 6) is -1.14. The van der Waals surface area contributed by atoms with Crippen LogP contribution in [0.2, 0.25) is 0 Å². The van der Waals surface area contributed by atoms with Crippen LogP contribution in [0.3, 0.4) is 0 Å².